The van der Waals surface area contributed by atoms with E-state index in [4.69, 9.17) is 0 Å². The van der Waals surface area contributed by atoms with Gasteiger partial charge in [0.1, 0.15) is 0 Å². The van der Waals surface area contributed by atoms with E-state index in [1.54, 1.807) is 0 Å². The molecule has 85 valence electrons. The summed E-state index contributed by atoms with van der Waals surface area (Å²) in [6.45, 7) is 11.5. The van der Waals surface area contributed by atoms with E-state index in [0.717, 1.165) is 18.1 Å². The van der Waals surface area contributed by atoms with E-state index in [0.29, 0.717) is 11.8 Å². The molecule has 0 aromatic rings. The number of carbonyl (C=O) groups excluding carboxylic acids is 1. The molecule has 0 saturated heterocycles. The molecule has 1 radical (unpaired) electrons. The van der Waals surface area contributed by atoms with Crippen molar-refractivity contribution >= 4 is 16.1 Å². The van der Waals surface area contributed by atoms with E-state index in [-0.39, 0.29) is 16.1 Å². The second-order valence-corrected chi connectivity index (χ2v) is 6.67. The average molecular weight is 218 g/mol. The SMILES string of the molecule is CC[S](CC(C)C)C(=O)NCC(C)C. The Morgan fingerprint density at radius 1 is 1.21 bits per heavy atom. The maximum Gasteiger partial charge on any atom is 0.269 e. The van der Waals surface area contributed by atoms with Gasteiger partial charge in [-0.3, -0.25) is 4.79 Å². The van der Waals surface area contributed by atoms with Gasteiger partial charge in [0.2, 0.25) is 0 Å². The normalized spacial score (nSPS) is 11.4. The lowest BCUT2D eigenvalue weighted by atomic mass is 10.2. The fourth-order valence-electron chi connectivity index (χ4n) is 1.12. The summed E-state index contributed by atoms with van der Waals surface area (Å²) >= 11 is 0. The quantitative estimate of drug-likeness (QED) is 0.753. The van der Waals surface area contributed by atoms with Crippen LogP contribution in [0.2, 0.25) is 0 Å². The summed E-state index contributed by atoms with van der Waals surface area (Å²) in [5.74, 6) is 3.16. The van der Waals surface area contributed by atoms with Gasteiger partial charge in [-0.2, -0.15) is 0 Å². The Labute approximate surface area is 91.2 Å². The molecule has 0 aliphatic carbocycles. The second kappa shape index (κ2) is 7.16. The molecule has 0 heterocycles. The summed E-state index contributed by atoms with van der Waals surface area (Å²) in [6.07, 6.45) is 0. The van der Waals surface area contributed by atoms with Crippen LogP contribution in [0.4, 0.5) is 4.79 Å². The van der Waals surface area contributed by atoms with Crippen molar-refractivity contribution in [2.24, 2.45) is 11.8 Å². The summed E-state index contributed by atoms with van der Waals surface area (Å²) in [5, 5.41) is 3.27. The predicted molar refractivity (Wildman–Crippen MR) is 66.1 cm³/mol. The molecule has 0 aromatic heterocycles. The van der Waals surface area contributed by atoms with Crippen LogP contribution in [0.15, 0.2) is 0 Å². The molecule has 2 nitrogen and oxygen atoms in total. The lowest BCUT2D eigenvalue weighted by molar-refractivity contribution is 0.259. The zero-order valence-corrected chi connectivity index (χ0v) is 10.9. The minimum atomic E-state index is -0.0727. The summed E-state index contributed by atoms with van der Waals surface area (Å²) in [4.78, 5) is 11.7. The van der Waals surface area contributed by atoms with Crippen LogP contribution >= 0.6 is 10.9 Å². The van der Waals surface area contributed by atoms with Crippen molar-refractivity contribution in [2.75, 3.05) is 18.1 Å². The minimum absolute atomic E-state index is 0.0727. The molecular formula is C11H24NOS. The molecule has 0 aliphatic heterocycles. The molecule has 3 heteroatoms. The Kier molecular flexibility index (Phi) is 7.06. The van der Waals surface area contributed by atoms with Crippen molar-refractivity contribution in [3.8, 4) is 0 Å². The Bertz CT molecular complexity index is 169. The molecule has 0 bridgehead atoms. The van der Waals surface area contributed by atoms with E-state index in [9.17, 15) is 4.79 Å². The highest BCUT2D eigenvalue weighted by Gasteiger charge is 2.14. The third kappa shape index (κ3) is 6.30. The van der Waals surface area contributed by atoms with Gasteiger partial charge in [0.05, 0.1) is 0 Å². The number of nitrogens with one attached hydrogen (secondary N) is 1. The first-order valence-corrected chi connectivity index (χ1v) is 6.99. The number of amides is 1. The van der Waals surface area contributed by atoms with E-state index in [2.05, 4.69) is 39.9 Å². The maximum absolute atomic E-state index is 11.7. The number of rotatable bonds is 5. The first-order chi connectivity index (χ1) is 6.47. The molecule has 0 spiro atoms. The van der Waals surface area contributed by atoms with Gasteiger partial charge in [-0.15, -0.1) is 10.9 Å². The highest BCUT2D eigenvalue weighted by atomic mass is 32.2. The summed E-state index contributed by atoms with van der Waals surface area (Å²) < 4.78 is 0. The van der Waals surface area contributed by atoms with Gasteiger partial charge in [-0.1, -0.05) is 34.6 Å². The Morgan fingerprint density at radius 2 is 1.79 bits per heavy atom. The topological polar surface area (TPSA) is 29.1 Å². The zero-order chi connectivity index (χ0) is 11.1. The van der Waals surface area contributed by atoms with Crippen molar-refractivity contribution in [2.45, 2.75) is 34.6 Å². The van der Waals surface area contributed by atoms with Gasteiger partial charge < -0.3 is 5.32 Å². The lowest BCUT2D eigenvalue weighted by Crippen LogP contribution is -2.27. The second-order valence-electron chi connectivity index (χ2n) is 4.40. The van der Waals surface area contributed by atoms with Gasteiger partial charge >= 0.3 is 0 Å². The van der Waals surface area contributed by atoms with Crippen molar-refractivity contribution in [3.63, 3.8) is 0 Å². The third-order valence-electron chi connectivity index (χ3n) is 1.80. The van der Waals surface area contributed by atoms with Crippen LogP contribution in [0.1, 0.15) is 34.6 Å². The van der Waals surface area contributed by atoms with Gasteiger partial charge in [0, 0.05) is 6.54 Å². The summed E-state index contributed by atoms with van der Waals surface area (Å²) in [6, 6.07) is 0. The van der Waals surface area contributed by atoms with Crippen LogP contribution in [-0.4, -0.2) is 23.3 Å². The molecule has 0 saturated carbocycles. The first kappa shape index (κ1) is 13.8. The van der Waals surface area contributed by atoms with Crippen molar-refractivity contribution < 1.29 is 4.79 Å². The Morgan fingerprint density at radius 3 is 2.14 bits per heavy atom. The van der Waals surface area contributed by atoms with Crippen LogP contribution in [0.25, 0.3) is 0 Å². The molecule has 1 N–H and O–H groups in total. The van der Waals surface area contributed by atoms with Gasteiger partial charge in [0.15, 0.2) is 0 Å². The number of carbonyl (C=O) groups is 1. The summed E-state index contributed by atoms with van der Waals surface area (Å²) in [7, 11) is -0.0727. The fraction of sp³-hybridized carbons (Fsp3) is 0.909. The van der Waals surface area contributed by atoms with Crippen molar-refractivity contribution in [1.29, 1.82) is 0 Å². The van der Waals surface area contributed by atoms with E-state index in [1.807, 2.05) is 0 Å². The van der Waals surface area contributed by atoms with E-state index >= 15 is 0 Å². The highest BCUT2D eigenvalue weighted by molar-refractivity contribution is 8.29. The largest absolute Gasteiger partial charge is 0.347 e. The number of hydrogen-bond acceptors (Lipinski definition) is 1. The molecule has 14 heavy (non-hydrogen) atoms. The van der Waals surface area contributed by atoms with Crippen LogP contribution in [0.3, 0.4) is 0 Å². The third-order valence-corrected chi connectivity index (χ3v) is 4.23. The minimum Gasteiger partial charge on any atom is -0.347 e. The smallest absolute Gasteiger partial charge is 0.269 e. The molecule has 0 atom stereocenters. The van der Waals surface area contributed by atoms with Crippen molar-refractivity contribution in [1.82, 2.24) is 5.32 Å². The first-order valence-electron chi connectivity index (χ1n) is 5.42. The van der Waals surface area contributed by atoms with Gasteiger partial charge in [0.25, 0.3) is 5.24 Å². The summed E-state index contributed by atoms with van der Waals surface area (Å²) in [5.41, 5.74) is 0. The van der Waals surface area contributed by atoms with Crippen LogP contribution in [-0.2, 0) is 0 Å². The van der Waals surface area contributed by atoms with Crippen molar-refractivity contribution in [3.05, 3.63) is 0 Å². The average Bonchev–Trinajstić information content (AvgIpc) is 2.09. The van der Waals surface area contributed by atoms with Gasteiger partial charge in [-0.05, 0) is 23.3 Å². The molecule has 0 unspecified atom stereocenters. The van der Waals surface area contributed by atoms with Gasteiger partial charge in [-0.25, -0.2) is 0 Å². The molecule has 0 fully saturated rings. The van der Waals surface area contributed by atoms with E-state index < -0.39 is 0 Å². The number of hydrogen-bond donors (Lipinski definition) is 1. The Hall–Kier alpha value is -0.180. The van der Waals surface area contributed by atoms with Crippen LogP contribution in [0, 0.1) is 11.8 Å². The van der Waals surface area contributed by atoms with Crippen LogP contribution < -0.4 is 5.32 Å². The molecule has 0 aromatic carbocycles. The predicted octanol–water partition coefficient (Wildman–Crippen LogP) is 3.30. The fourth-order valence-corrected chi connectivity index (χ4v) is 2.86. The van der Waals surface area contributed by atoms with E-state index in [1.165, 1.54) is 0 Å². The maximum atomic E-state index is 11.7. The molecular weight excluding hydrogens is 194 g/mol. The zero-order valence-electron chi connectivity index (χ0n) is 10.1. The molecule has 1 amide bonds. The molecule has 0 rings (SSSR count). The monoisotopic (exact) mass is 218 g/mol. The highest BCUT2D eigenvalue weighted by Crippen LogP contribution is 2.27. The Balaban J connectivity index is 3.92. The standard InChI is InChI=1S/C11H24NOS/c1-6-14(8-10(4)5)11(13)12-7-9(2)3/h9-10H,6-8H2,1-5H3,(H,12,13). The molecule has 0 aliphatic rings. The van der Waals surface area contributed by atoms with Crippen LogP contribution in [0.5, 0.6) is 0 Å². The lowest BCUT2D eigenvalue weighted by Gasteiger charge is -2.19.